The van der Waals surface area contributed by atoms with Crippen LogP contribution in [0.1, 0.15) is 71.1 Å². The summed E-state index contributed by atoms with van der Waals surface area (Å²) < 4.78 is 27.3. The smallest absolute Gasteiger partial charge is 0.268 e. The van der Waals surface area contributed by atoms with Gasteiger partial charge in [0, 0.05) is 6.54 Å². The summed E-state index contributed by atoms with van der Waals surface area (Å²) in [7, 11) is -3.79. The molecule has 0 atom stereocenters. The van der Waals surface area contributed by atoms with E-state index in [1.165, 1.54) is 63.9 Å². The predicted molar refractivity (Wildman–Crippen MR) is 102 cm³/mol. The monoisotopic (exact) mass is 361 g/mol. The lowest BCUT2D eigenvalue weighted by Crippen LogP contribution is -2.21. The molecule has 0 radical (unpaired) electrons. The van der Waals surface area contributed by atoms with Crippen LogP contribution in [-0.4, -0.2) is 31.2 Å². The third kappa shape index (κ3) is 25.8. The summed E-state index contributed by atoms with van der Waals surface area (Å²) in [6, 6.07) is 0. The van der Waals surface area contributed by atoms with Crippen molar-refractivity contribution in [1.82, 2.24) is 5.32 Å². The van der Waals surface area contributed by atoms with Gasteiger partial charge in [-0.1, -0.05) is 77.4 Å². The molecule has 142 valence electrons. The zero-order valence-corrected chi connectivity index (χ0v) is 16.0. The lowest BCUT2D eigenvalue weighted by molar-refractivity contribution is -0.116. The van der Waals surface area contributed by atoms with Crippen LogP contribution in [0.25, 0.3) is 0 Å². The van der Waals surface area contributed by atoms with E-state index in [2.05, 4.69) is 25.4 Å². The zero-order chi connectivity index (χ0) is 18.7. The molecule has 1 amide bonds. The molecular weight excluding hydrogens is 326 g/mol. The van der Waals surface area contributed by atoms with Crippen LogP contribution in [0.4, 0.5) is 0 Å². The van der Waals surface area contributed by atoms with Gasteiger partial charge in [-0.25, -0.2) is 0 Å². The van der Waals surface area contributed by atoms with E-state index in [0.717, 1.165) is 19.0 Å². The van der Waals surface area contributed by atoms with E-state index in [1.807, 2.05) is 0 Å². The molecule has 0 aromatic heterocycles. The Morgan fingerprint density at radius 3 is 1.75 bits per heavy atom. The highest BCUT2D eigenvalue weighted by Gasteiger charge is 1.96. The highest BCUT2D eigenvalue weighted by molar-refractivity contribution is 7.85. The van der Waals surface area contributed by atoms with Crippen LogP contribution in [0.15, 0.2) is 25.3 Å². The summed E-state index contributed by atoms with van der Waals surface area (Å²) >= 11 is 0. The number of hydrogen-bond donors (Lipinski definition) is 2. The Morgan fingerprint density at radius 2 is 1.42 bits per heavy atom. The maximum absolute atomic E-state index is 10.8. The molecule has 0 rings (SSSR count). The van der Waals surface area contributed by atoms with Crippen molar-refractivity contribution in [2.75, 3.05) is 12.3 Å². The fraction of sp³-hybridized carbons (Fsp3) is 0.722. The highest BCUT2D eigenvalue weighted by atomic mass is 32.2. The van der Waals surface area contributed by atoms with Gasteiger partial charge in [-0.05, 0) is 12.5 Å². The van der Waals surface area contributed by atoms with Crippen LogP contribution in [0, 0.1) is 0 Å². The molecule has 0 aliphatic rings. The second kappa shape index (κ2) is 18.2. The molecule has 6 heteroatoms. The number of amides is 1. The van der Waals surface area contributed by atoms with Gasteiger partial charge in [0.15, 0.2) is 0 Å². The summed E-state index contributed by atoms with van der Waals surface area (Å²) in [4.78, 5) is 10.8. The van der Waals surface area contributed by atoms with Gasteiger partial charge in [0.25, 0.3) is 10.1 Å². The van der Waals surface area contributed by atoms with Crippen molar-refractivity contribution in [3.05, 3.63) is 25.3 Å². The Balaban J connectivity index is 0. The van der Waals surface area contributed by atoms with E-state index in [9.17, 15) is 13.2 Å². The first-order valence-electron chi connectivity index (χ1n) is 8.83. The van der Waals surface area contributed by atoms with Crippen molar-refractivity contribution < 1.29 is 17.8 Å². The summed E-state index contributed by atoms with van der Waals surface area (Å²) in [5.41, 5.74) is 0. The Bertz CT molecular complexity index is 419. The van der Waals surface area contributed by atoms with Gasteiger partial charge in [-0.2, -0.15) is 8.42 Å². The standard InChI is InChI=1S/C15H29NO.C3H6O3S/c1-3-5-6-7-8-9-10-11-12-13-14-16-15(17)4-2;1-2-3-7(4,5)6/h4H,2-3,5-14H2,1H3,(H,16,17);2H,1,3H2,(H,4,5,6). The number of nitrogens with one attached hydrogen (secondary N) is 1. The van der Waals surface area contributed by atoms with Gasteiger partial charge in [-0.15, -0.1) is 6.58 Å². The van der Waals surface area contributed by atoms with Crippen LogP contribution >= 0.6 is 0 Å². The summed E-state index contributed by atoms with van der Waals surface area (Å²) in [6.07, 6.45) is 15.7. The van der Waals surface area contributed by atoms with Gasteiger partial charge in [0.05, 0.1) is 5.75 Å². The van der Waals surface area contributed by atoms with Crippen molar-refractivity contribution >= 4 is 16.0 Å². The Labute approximate surface area is 148 Å². The Kier molecular flexibility index (Phi) is 19.0. The zero-order valence-electron chi connectivity index (χ0n) is 15.1. The number of carbonyl (C=O) groups excluding carboxylic acids is 1. The van der Waals surface area contributed by atoms with E-state index < -0.39 is 10.1 Å². The molecule has 0 aromatic carbocycles. The normalized spacial score (nSPS) is 10.4. The van der Waals surface area contributed by atoms with Crippen molar-refractivity contribution in [3.63, 3.8) is 0 Å². The van der Waals surface area contributed by atoms with Gasteiger partial charge in [-0.3, -0.25) is 9.35 Å². The molecule has 0 aliphatic carbocycles. The number of unbranched alkanes of at least 4 members (excludes halogenated alkanes) is 9. The predicted octanol–water partition coefficient (Wildman–Crippen LogP) is 4.27. The van der Waals surface area contributed by atoms with E-state index in [4.69, 9.17) is 4.55 Å². The lowest BCUT2D eigenvalue weighted by atomic mass is 10.1. The number of hydrogen-bond acceptors (Lipinski definition) is 3. The fourth-order valence-corrected chi connectivity index (χ4v) is 2.34. The van der Waals surface area contributed by atoms with Crippen LogP contribution in [-0.2, 0) is 14.9 Å². The third-order valence-electron chi connectivity index (χ3n) is 3.34. The van der Waals surface area contributed by atoms with Crippen molar-refractivity contribution in [1.29, 1.82) is 0 Å². The average molecular weight is 362 g/mol. The van der Waals surface area contributed by atoms with Crippen molar-refractivity contribution in [3.8, 4) is 0 Å². The molecule has 0 saturated carbocycles. The topological polar surface area (TPSA) is 83.5 Å². The molecule has 0 bridgehead atoms. The van der Waals surface area contributed by atoms with E-state index in [-0.39, 0.29) is 11.7 Å². The second-order valence-electron chi connectivity index (χ2n) is 5.71. The molecule has 0 spiro atoms. The molecular formula is C18H35NO4S. The molecule has 2 N–H and O–H groups in total. The molecule has 0 unspecified atom stereocenters. The minimum absolute atomic E-state index is 0.0547. The minimum Gasteiger partial charge on any atom is -0.353 e. The first-order valence-corrected chi connectivity index (χ1v) is 10.4. The molecule has 0 aliphatic heterocycles. The summed E-state index contributed by atoms with van der Waals surface area (Å²) in [5, 5.41) is 2.80. The number of rotatable bonds is 14. The van der Waals surface area contributed by atoms with Gasteiger partial charge >= 0.3 is 0 Å². The second-order valence-corrected chi connectivity index (χ2v) is 7.21. The first-order chi connectivity index (χ1) is 11.4. The van der Waals surface area contributed by atoms with E-state index >= 15 is 0 Å². The molecule has 0 saturated heterocycles. The molecule has 0 heterocycles. The molecule has 5 nitrogen and oxygen atoms in total. The van der Waals surface area contributed by atoms with Gasteiger partial charge in [0.2, 0.25) is 5.91 Å². The number of carbonyl (C=O) groups is 1. The fourth-order valence-electron chi connectivity index (χ4n) is 2.05. The quantitative estimate of drug-likeness (QED) is 0.209. The van der Waals surface area contributed by atoms with Crippen LogP contribution in [0.5, 0.6) is 0 Å². The maximum atomic E-state index is 10.8. The van der Waals surface area contributed by atoms with Crippen LogP contribution < -0.4 is 5.32 Å². The van der Waals surface area contributed by atoms with E-state index in [0.29, 0.717) is 0 Å². The molecule has 0 fully saturated rings. The minimum atomic E-state index is -3.79. The first kappa shape index (κ1) is 25.1. The molecule has 0 aromatic rings. The summed E-state index contributed by atoms with van der Waals surface area (Å²) in [5.74, 6) is -0.423. The largest absolute Gasteiger partial charge is 0.353 e. The Morgan fingerprint density at radius 1 is 0.958 bits per heavy atom. The lowest BCUT2D eigenvalue weighted by Gasteiger charge is -2.03. The van der Waals surface area contributed by atoms with Crippen LogP contribution in [0.3, 0.4) is 0 Å². The maximum Gasteiger partial charge on any atom is 0.268 e. The average Bonchev–Trinajstić information content (AvgIpc) is 2.51. The Hall–Kier alpha value is -1.14. The van der Waals surface area contributed by atoms with Gasteiger partial charge < -0.3 is 5.32 Å². The summed E-state index contributed by atoms with van der Waals surface area (Å²) in [6.45, 7) is 9.57. The van der Waals surface area contributed by atoms with E-state index in [1.54, 1.807) is 0 Å². The van der Waals surface area contributed by atoms with Crippen LogP contribution in [0.2, 0.25) is 0 Å². The molecule has 24 heavy (non-hydrogen) atoms. The van der Waals surface area contributed by atoms with Crippen molar-refractivity contribution in [2.45, 2.75) is 71.1 Å². The van der Waals surface area contributed by atoms with Gasteiger partial charge in [0.1, 0.15) is 0 Å². The SMILES string of the molecule is C=CC(=O)NCCCCCCCCCCCC.C=CCS(=O)(=O)O. The highest BCUT2D eigenvalue weighted by Crippen LogP contribution is 2.10. The van der Waals surface area contributed by atoms with Crippen molar-refractivity contribution in [2.24, 2.45) is 0 Å². The third-order valence-corrected chi connectivity index (χ3v) is 4.00.